The van der Waals surface area contributed by atoms with Crippen molar-refractivity contribution in [1.29, 1.82) is 0 Å². The van der Waals surface area contributed by atoms with E-state index in [4.69, 9.17) is 23.2 Å². The fourth-order valence-electron chi connectivity index (χ4n) is 2.39. The topological polar surface area (TPSA) is 57.1 Å². The van der Waals surface area contributed by atoms with E-state index in [2.05, 4.69) is 21.0 Å². The van der Waals surface area contributed by atoms with Crippen molar-refractivity contribution >= 4 is 57.6 Å². The van der Waals surface area contributed by atoms with Crippen molar-refractivity contribution in [2.75, 3.05) is 18.4 Å². The lowest BCUT2D eigenvalue weighted by atomic mass is 10.00. The Bertz CT molecular complexity index is 665. The maximum atomic E-state index is 12.4. The molecule has 0 saturated carbocycles. The summed E-state index contributed by atoms with van der Waals surface area (Å²) in [5.74, 6) is 0.669. The fourth-order valence-corrected chi connectivity index (χ4v) is 3.55. The molecule has 1 aromatic carbocycles. The predicted octanol–water partition coefficient (Wildman–Crippen LogP) is 4.98. The van der Waals surface area contributed by atoms with Crippen LogP contribution in [0.4, 0.5) is 21.9 Å². The Hall–Kier alpha value is -1.11. The van der Waals surface area contributed by atoms with Gasteiger partial charge in [-0.05, 0) is 24.8 Å². The van der Waals surface area contributed by atoms with Crippen LogP contribution in [-0.4, -0.2) is 24.0 Å². The lowest BCUT2D eigenvalue weighted by molar-refractivity contribution is 0.186. The van der Waals surface area contributed by atoms with Crippen LogP contribution in [0.1, 0.15) is 19.8 Å². The Morgan fingerprint density at radius 2 is 1.95 bits per heavy atom. The SMILES string of the molecule is CC1CCN(C(=O)Nc2c(Cl)cc(Cl)c3c2N=S=N3)CC1. The zero-order valence-electron chi connectivity index (χ0n) is 11.4. The first-order chi connectivity index (χ1) is 10.1. The molecule has 0 spiro atoms. The number of amides is 2. The van der Waals surface area contributed by atoms with Gasteiger partial charge in [0, 0.05) is 13.1 Å². The molecular weight excluding hydrogens is 331 g/mol. The number of fused-ring (bicyclic) bond motifs is 1. The number of carbonyl (C=O) groups excluding carboxylic acids is 1. The molecule has 0 radical (unpaired) electrons. The number of hydrogen-bond acceptors (Lipinski definition) is 3. The molecule has 2 heterocycles. The largest absolute Gasteiger partial charge is 0.325 e. The third-order valence-corrected chi connectivity index (χ3v) is 4.86. The number of hydrogen-bond donors (Lipinski definition) is 1. The number of halogens is 2. The summed E-state index contributed by atoms with van der Waals surface area (Å²) in [5, 5.41) is 3.66. The number of rotatable bonds is 1. The molecule has 5 nitrogen and oxygen atoms in total. The van der Waals surface area contributed by atoms with Gasteiger partial charge in [-0.2, -0.15) is 8.73 Å². The van der Waals surface area contributed by atoms with Gasteiger partial charge in [-0.25, -0.2) is 4.79 Å². The summed E-state index contributed by atoms with van der Waals surface area (Å²) in [6.07, 6.45) is 2.05. The molecule has 0 unspecified atom stereocenters. The zero-order chi connectivity index (χ0) is 15.0. The highest BCUT2D eigenvalue weighted by Crippen LogP contribution is 2.47. The fraction of sp³-hybridized carbons (Fsp3) is 0.462. The molecule has 112 valence electrons. The second-order valence-corrected chi connectivity index (χ2v) is 6.62. The van der Waals surface area contributed by atoms with E-state index in [1.165, 1.54) is 0 Å². The molecular formula is C13H14Cl2N4OS. The standard InChI is InChI=1S/C13H14Cl2N4OS/c1-7-2-4-19(5-3-7)13(20)16-10-8(14)6-9(15)11-12(10)18-21-17-11/h6-7H,2-5H2,1H3,(H,16,20). The molecule has 0 aliphatic carbocycles. The molecule has 2 aliphatic heterocycles. The minimum atomic E-state index is -0.152. The lowest BCUT2D eigenvalue weighted by Crippen LogP contribution is -2.40. The van der Waals surface area contributed by atoms with Crippen LogP contribution in [0.25, 0.3) is 0 Å². The van der Waals surface area contributed by atoms with Gasteiger partial charge in [0.2, 0.25) is 0 Å². The molecule has 0 atom stereocenters. The molecule has 1 fully saturated rings. The van der Waals surface area contributed by atoms with Crippen LogP contribution in [0.2, 0.25) is 10.0 Å². The average Bonchev–Trinajstić information content (AvgIpc) is 2.93. The minimum absolute atomic E-state index is 0.152. The molecule has 1 N–H and O–H groups in total. The van der Waals surface area contributed by atoms with E-state index < -0.39 is 0 Å². The van der Waals surface area contributed by atoms with Crippen LogP contribution >= 0.6 is 23.2 Å². The molecule has 1 saturated heterocycles. The van der Waals surface area contributed by atoms with E-state index in [-0.39, 0.29) is 6.03 Å². The van der Waals surface area contributed by atoms with Crippen LogP contribution in [0.15, 0.2) is 14.8 Å². The van der Waals surface area contributed by atoms with E-state index >= 15 is 0 Å². The third-order valence-electron chi connectivity index (χ3n) is 3.75. The molecule has 0 bridgehead atoms. The molecule has 3 rings (SSSR count). The summed E-state index contributed by atoms with van der Waals surface area (Å²) in [5.41, 5.74) is 1.58. The van der Waals surface area contributed by atoms with Gasteiger partial charge in [-0.15, -0.1) is 0 Å². The summed E-state index contributed by atoms with van der Waals surface area (Å²) < 4.78 is 8.30. The summed E-state index contributed by atoms with van der Waals surface area (Å²) in [4.78, 5) is 14.2. The van der Waals surface area contributed by atoms with Gasteiger partial charge in [0.05, 0.1) is 27.1 Å². The van der Waals surface area contributed by atoms with E-state index in [1.807, 2.05) is 0 Å². The minimum Gasteiger partial charge on any atom is -0.325 e. The maximum Gasteiger partial charge on any atom is 0.321 e. The number of benzene rings is 1. The van der Waals surface area contributed by atoms with E-state index in [1.54, 1.807) is 11.0 Å². The summed E-state index contributed by atoms with van der Waals surface area (Å²) in [6.45, 7) is 3.73. The van der Waals surface area contributed by atoms with Gasteiger partial charge >= 0.3 is 6.03 Å². The Morgan fingerprint density at radius 3 is 2.67 bits per heavy atom. The molecule has 1 aromatic rings. The van der Waals surface area contributed by atoms with Gasteiger partial charge in [0.1, 0.15) is 11.4 Å². The smallest absolute Gasteiger partial charge is 0.321 e. The van der Waals surface area contributed by atoms with Crippen molar-refractivity contribution in [2.24, 2.45) is 14.6 Å². The quantitative estimate of drug-likeness (QED) is 0.778. The first kappa shape index (κ1) is 14.8. The van der Waals surface area contributed by atoms with Gasteiger partial charge < -0.3 is 10.2 Å². The highest BCUT2D eigenvalue weighted by atomic mass is 35.5. The van der Waals surface area contributed by atoms with Crippen molar-refractivity contribution in [3.8, 4) is 0 Å². The van der Waals surface area contributed by atoms with Crippen molar-refractivity contribution in [2.45, 2.75) is 19.8 Å². The van der Waals surface area contributed by atoms with Crippen LogP contribution < -0.4 is 5.32 Å². The molecule has 8 heteroatoms. The second kappa shape index (κ2) is 5.94. The van der Waals surface area contributed by atoms with Crippen LogP contribution in [0, 0.1) is 5.92 Å². The Kier molecular flexibility index (Phi) is 4.19. The highest BCUT2D eigenvalue weighted by molar-refractivity contribution is 7.58. The van der Waals surface area contributed by atoms with Gasteiger partial charge in [-0.1, -0.05) is 30.1 Å². The number of urea groups is 1. The van der Waals surface area contributed by atoms with Crippen LogP contribution in [0.3, 0.4) is 0 Å². The summed E-state index contributed by atoms with van der Waals surface area (Å²) in [7, 11) is 0. The van der Waals surface area contributed by atoms with E-state index in [0.29, 0.717) is 33.0 Å². The van der Waals surface area contributed by atoms with Crippen molar-refractivity contribution in [3.05, 3.63) is 16.1 Å². The lowest BCUT2D eigenvalue weighted by Gasteiger charge is -2.30. The highest BCUT2D eigenvalue weighted by Gasteiger charge is 2.24. The summed E-state index contributed by atoms with van der Waals surface area (Å²) in [6, 6.07) is 1.43. The number of nitrogens with one attached hydrogen (secondary N) is 1. The Labute approximate surface area is 136 Å². The van der Waals surface area contributed by atoms with E-state index in [0.717, 1.165) is 37.3 Å². The van der Waals surface area contributed by atoms with Gasteiger partial charge in [-0.3, -0.25) is 0 Å². The van der Waals surface area contributed by atoms with Gasteiger partial charge in [0.15, 0.2) is 0 Å². The third kappa shape index (κ3) is 2.93. The number of carbonyl (C=O) groups is 1. The average molecular weight is 345 g/mol. The monoisotopic (exact) mass is 344 g/mol. The van der Waals surface area contributed by atoms with Crippen LogP contribution in [0.5, 0.6) is 0 Å². The number of likely N-dealkylation sites (tertiary alicyclic amines) is 1. The zero-order valence-corrected chi connectivity index (χ0v) is 13.7. The van der Waals surface area contributed by atoms with Gasteiger partial charge in [0.25, 0.3) is 0 Å². The number of nitrogens with zero attached hydrogens (tertiary/aromatic N) is 3. The maximum absolute atomic E-state index is 12.4. The second-order valence-electron chi connectivity index (χ2n) is 5.28. The number of piperidine rings is 1. The van der Waals surface area contributed by atoms with Crippen molar-refractivity contribution in [3.63, 3.8) is 0 Å². The van der Waals surface area contributed by atoms with E-state index in [9.17, 15) is 4.79 Å². The van der Waals surface area contributed by atoms with Crippen molar-refractivity contribution < 1.29 is 4.79 Å². The Balaban J connectivity index is 1.81. The molecule has 21 heavy (non-hydrogen) atoms. The Morgan fingerprint density at radius 1 is 1.29 bits per heavy atom. The first-order valence-electron chi connectivity index (χ1n) is 6.72. The number of anilines is 1. The molecule has 0 aromatic heterocycles. The summed E-state index contributed by atoms with van der Waals surface area (Å²) >= 11 is 13.3. The van der Waals surface area contributed by atoms with Crippen molar-refractivity contribution in [1.82, 2.24) is 4.90 Å². The molecule has 2 aliphatic rings. The predicted molar refractivity (Wildman–Crippen MR) is 87.0 cm³/mol. The first-order valence-corrected chi connectivity index (χ1v) is 8.21. The molecule has 2 amide bonds. The van der Waals surface area contributed by atoms with Crippen LogP contribution in [-0.2, 0) is 11.4 Å². The normalized spacial score (nSPS) is 17.6.